The second-order valence-electron chi connectivity index (χ2n) is 4.94. The molecule has 20 heavy (non-hydrogen) atoms. The molecule has 0 amide bonds. The Labute approximate surface area is 117 Å². The average Bonchev–Trinajstić information content (AvgIpc) is 2.83. The van der Waals surface area contributed by atoms with Gasteiger partial charge in [-0.05, 0) is 36.1 Å². The Balaban J connectivity index is 2.18. The monoisotopic (exact) mass is 265 g/mol. The maximum Gasteiger partial charge on any atom is 0.331 e. The lowest BCUT2D eigenvalue weighted by atomic mass is 10.1. The molecule has 1 aromatic heterocycles. The fourth-order valence-electron chi connectivity index (χ4n) is 2.57. The van der Waals surface area contributed by atoms with Crippen LogP contribution in [0.2, 0.25) is 0 Å². The summed E-state index contributed by atoms with van der Waals surface area (Å²) in [5, 5.41) is 10.7. The van der Waals surface area contributed by atoms with Crippen molar-refractivity contribution in [1.82, 2.24) is 4.57 Å². The molecule has 3 heteroatoms. The predicted molar refractivity (Wildman–Crippen MR) is 78.9 cm³/mol. The average molecular weight is 265 g/mol. The molecule has 0 aliphatic rings. The number of carboxylic acid groups (broad SMARTS) is 1. The van der Waals surface area contributed by atoms with Crippen molar-refractivity contribution in [3.8, 4) is 0 Å². The van der Waals surface area contributed by atoms with Crippen LogP contribution in [-0.4, -0.2) is 15.6 Å². The van der Waals surface area contributed by atoms with E-state index in [0.717, 1.165) is 16.5 Å². The van der Waals surface area contributed by atoms with Crippen molar-refractivity contribution >= 4 is 16.9 Å². The Morgan fingerprint density at radius 3 is 2.55 bits per heavy atom. The van der Waals surface area contributed by atoms with E-state index >= 15 is 0 Å². The number of rotatable bonds is 3. The van der Waals surface area contributed by atoms with E-state index in [9.17, 15) is 9.90 Å². The van der Waals surface area contributed by atoms with Gasteiger partial charge < -0.3 is 9.67 Å². The third-order valence-electron chi connectivity index (χ3n) is 3.50. The van der Waals surface area contributed by atoms with Crippen LogP contribution in [0.1, 0.15) is 17.2 Å². The smallest absolute Gasteiger partial charge is 0.331 e. The van der Waals surface area contributed by atoms with Crippen molar-refractivity contribution in [3.05, 3.63) is 71.9 Å². The van der Waals surface area contributed by atoms with E-state index in [4.69, 9.17) is 0 Å². The lowest BCUT2D eigenvalue weighted by molar-refractivity contribution is -0.139. The van der Waals surface area contributed by atoms with Gasteiger partial charge in [-0.15, -0.1) is 0 Å². The zero-order chi connectivity index (χ0) is 14.1. The number of nitrogens with zero attached hydrogens (tertiary/aromatic N) is 1. The summed E-state index contributed by atoms with van der Waals surface area (Å²) >= 11 is 0. The molecule has 1 atom stereocenters. The molecular formula is C17H15NO2. The van der Waals surface area contributed by atoms with Gasteiger partial charge in [0.05, 0.1) is 0 Å². The van der Waals surface area contributed by atoms with Gasteiger partial charge in [-0.2, -0.15) is 0 Å². The molecule has 2 aromatic carbocycles. The van der Waals surface area contributed by atoms with Crippen molar-refractivity contribution < 1.29 is 9.90 Å². The molecular weight excluding hydrogens is 250 g/mol. The summed E-state index contributed by atoms with van der Waals surface area (Å²) in [4.78, 5) is 11.7. The zero-order valence-corrected chi connectivity index (χ0v) is 11.2. The van der Waals surface area contributed by atoms with E-state index in [-0.39, 0.29) is 0 Å². The number of hydrogen-bond donors (Lipinski definition) is 1. The Morgan fingerprint density at radius 1 is 1.10 bits per heavy atom. The van der Waals surface area contributed by atoms with E-state index in [1.807, 2.05) is 66.2 Å². The SMILES string of the molecule is Cc1ccc2c(ccn2C(C(=O)O)c2ccccc2)c1. The van der Waals surface area contributed by atoms with Gasteiger partial charge in [0.15, 0.2) is 6.04 Å². The summed E-state index contributed by atoms with van der Waals surface area (Å²) in [5.41, 5.74) is 2.88. The van der Waals surface area contributed by atoms with Gasteiger partial charge in [-0.1, -0.05) is 42.0 Å². The van der Waals surface area contributed by atoms with Gasteiger partial charge in [0.2, 0.25) is 0 Å². The molecule has 1 unspecified atom stereocenters. The molecule has 1 heterocycles. The highest BCUT2D eigenvalue weighted by molar-refractivity contribution is 5.85. The standard InChI is InChI=1S/C17H15NO2/c1-12-7-8-15-14(11-12)9-10-18(15)16(17(19)20)13-5-3-2-4-6-13/h2-11,16H,1H3,(H,19,20). The highest BCUT2D eigenvalue weighted by Crippen LogP contribution is 2.26. The van der Waals surface area contributed by atoms with E-state index in [1.165, 1.54) is 5.56 Å². The van der Waals surface area contributed by atoms with Gasteiger partial charge in [0.25, 0.3) is 0 Å². The minimum atomic E-state index is -0.853. The Kier molecular flexibility index (Phi) is 3.03. The topological polar surface area (TPSA) is 42.2 Å². The molecule has 0 aliphatic carbocycles. The molecule has 0 saturated carbocycles. The molecule has 0 radical (unpaired) electrons. The quantitative estimate of drug-likeness (QED) is 0.785. The van der Waals surface area contributed by atoms with Crippen LogP contribution in [0.3, 0.4) is 0 Å². The molecule has 0 bridgehead atoms. The van der Waals surface area contributed by atoms with Crippen molar-refractivity contribution in [2.45, 2.75) is 13.0 Å². The normalized spacial score (nSPS) is 12.4. The van der Waals surface area contributed by atoms with Crippen LogP contribution in [0.15, 0.2) is 60.8 Å². The van der Waals surface area contributed by atoms with Crippen LogP contribution in [0, 0.1) is 6.92 Å². The molecule has 0 saturated heterocycles. The van der Waals surface area contributed by atoms with Crippen LogP contribution in [0.5, 0.6) is 0 Å². The van der Waals surface area contributed by atoms with Crippen molar-refractivity contribution in [1.29, 1.82) is 0 Å². The third kappa shape index (κ3) is 2.07. The highest BCUT2D eigenvalue weighted by atomic mass is 16.4. The van der Waals surface area contributed by atoms with E-state index in [2.05, 4.69) is 6.07 Å². The molecule has 3 nitrogen and oxygen atoms in total. The number of aryl methyl sites for hydroxylation is 1. The Hall–Kier alpha value is -2.55. The van der Waals surface area contributed by atoms with Crippen molar-refractivity contribution in [3.63, 3.8) is 0 Å². The molecule has 100 valence electrons. The van der Waals surface area contributed by atoms with Crippen LogP contribution < -0.4 is 0 Å². The van der Waals surface area contributed by atoms with Gasteiger partial charge in [-0.25, -0.2) is 4.79 Å². The van der Waals surface area contributed by atoms with E-state index < -0.39 is 12.0 Å². The van der Waals surface area contributed by atoms with Crippen molar-refractivity contribution in [2.75, 3.05) is 0 Å². The molecule has 3 aromatic rings. The van der Waals surface area contributed by atoms with Gasteiger partial charge in [-0.3, -0.25) is 0 Å². The zero-order valence-electron chi connectivity index (χ0n) is 11.2. The van der Waals surface area contributed by atoms with E-state index in [0.29, 0.717) is 0 Å². The van der Waals surface area contributed by atoms with Crippen LogP contribution >= 0.6 is 0 Å². The first-order valence-corrected chi connectivity index (χ1v) is 6.52. The fourth-order valence-corrected chi connectivity index (χ4v) is 2.57. The maximum absolute atomic E-state index is 11.7. The Morgan fingerprint density at radius 2 is 1.85 bits per heavy atom. The van der Waals surface area contributed by atoms with Gasteiger partial charge in [0.1, 0.15) is 0 Å². The highest BCUT2D eigenvalue weighted by Gasteiger charge is 2.22. The Bertz CT molecular complexity index is 759. The molecule has 0 spiro atoms. The maximum atomic E-state index is 11.7. The summed E-state index contributed by atoms with van der Waals surface area (Å²) in [7, 11) is 0. The first-order chi connectivity index (χ1) is 9.66. The lowest BCUT2D eigenvalue weighted by Crippen LogP contribution is -2.19. The van der Waals surface area contributed by atoms with Crippen molar-refractivity contribution in [2.24, 2.45) is 0 Å². The first kappa shape index (κ1) is 12.5. The summed E-state index contributed by atoms with van der Waals surface area (Å²) in [6.07, 6.45) is 1.84. The number of carbonyl (C=O) groups is 1. The summed E-state index contributed by atoms with van der Waals surface area (Å²) < 4.78 is 1.81. The minimum Gasteiger partial charge on any atom is -0.479 e. The summed E-state index contributed by atoms with van der Waals surface area (Å²) in [5.74, 6) is -0.853. The second-order valence-corrected chi connectivity index (χ2v) is 4.94. The fraction of sp³-hybridized carbons (Fsp3) is 0.118. The number of hydrogen-bond acceptors (Lipinski definition) is 1. The molecule has 0 aliphatic heterocycles. The second kappa shape index (κ2) is 4.85. The molecule has 3 rings (SSSR count). The lowest BCUT2D eigenvalue weighted by Gasteiger charge is -2.16. The van der Waals surface area contributed by atoms with Gasteiger partial charge >= 0.3 is 5.97 Å². The molecule has 0 fully saturated rings. The largest absolute Gasteiger partial charge is 0.479 e. The number of aromatic nitrogens is 1. The van der Waals surface area contributed by atoms with E-state index in [1.54, 1.807) is 0 Å². The van der Waals surface area contributed by atoms with Crippen LogP contribution in [0.4, 0.5) is 0 Å². The third-order valence-corrected chi connectivity index (χ3v) is 3.50. The number of fused-ring (bicyclic) bond motifs is 1. The summed E-state index contributed by atoms with van der Waals surface area (Å²) in [6.45, 7) is 2.03. The van der Waals surface area contributed by atoms with Crippen LogP contribution in [-0.2, 0) is 4.79 Å². The van der Waals surface area contributed by atoms with Gasteiger partial charge in [0, 0.05) is 11.7 Å². The molecule has 1 N–H and O–H groups in total. The minimum absolute atomic E-state index is 0.698. The number of aliphatic carboxylic acids is 1. The number of carboxylic acids is 1. The van der Waals surface area contributed by atoms with Crippen LogP contribution in [0.25, 0.3) is 10.9 Å². The predicted octanol–water partition coefficient (Wildman–Crippen LogP) is 3.62. The number of benzene rings is 2. The first-order valence-electron chi connectivity index (χ1n) is 6.52. The summed E-state index contributed by atoms with van der Waals surface area (Å²) in [6, 6.07) is 16.6.